The Bertz CT molecular complexity index is 987. The van der Waals surface area contributed by atoms with Crippen molar-refractivity contribution in [3.63, 3.8) is 0 Å². The summed E-state index contributed by atoms with van der Waals surface area (Å²) in [6.07, 6.45) is 2.65. The molecule has 1 atom stereocenters. The zero-order chi connectivity index (χ0) is 18.8. The molecule has 0 radical (unpaired) electrons. The Morgan fingerprint density at radius 1 is 1.15 bits per heavy atom. The van der Waals surface area contributed by atoms with Crippen LogP contribution in [0.4, 0.5) is 17.2 Å². The Labute approximate surface area is 158 Å². The predicted molar refractivity (Wildman–Crippen MR) is 107 cm³/mol. The zero-order valence-electron chi connectivity index (χ0n) is 15.3. The molecule has 1 aliphatic rings. The fourth-order valence-electron chi connectivity index (χ4n) is 3.51. The number of carbonyl (C=O) groups excluding carboxylic acids is 1. The van der Waals surface area contributed by atoms with Crippen LogP contribution in [0.1, 0.15) is 22.8 Å². The van der Waals surface area contributed by atoms with E-state index in [9.17, 15) is 4.79 Å². The van der Waals surface area contributed by atoms with Gasteiger partial charge in [0.25, 0.3) is 5.91 Å². The molecular formula is C22H21N3O2. The molecule has 3 aromatic rings. The molecule has 0 saturated heterocycles. The first kappa shape index (κ1) is 17.1. The normalized spacial score (nSPS) is 15.3. The quantitative estimate of drug-likeness (QED) is 0.749. The number of ether oxygens (including phenoxy) is 1. The van der Waals surface area contributed by atoms with E-state index in [1.54, 1.807) is 25.4 Å². The number of nitrogens with zero attached hydrogens (tertiary/aromatic N) is 2. The second kappa shape index (κ2) is 7.11. The predicted octanol–water partition coefficient (Wildman–Crippen LogP) is 4.43. The van der Waals surface area contributed by atoms with Gasteiger partial charge < -0.3 is 15.0 Å². The molecule has 1 aromatic heterocycles. The van der Waals surface area contributed by atoms with Crippen LogP contribution in [-0.2, 0) is 6.42 Å². The minimum atomic E-state index is -0.174. The highest BCUT2D eigenvalue weighted by Gasteiger charge is 2.28. The van der Waals surface area contributed by atoms with Gasteiger partial charge in [-0.25, -0.2) is 4.98 Å². The van der Waals surface area contributed by atoms with Gasteiger partial charge in [0.05, 0.1) is 7.11 Å². The number of hydrogen-bond donors (Lipinski definition) is 1. The van der Waals surface area contributed by atoms with Gasteiger partial charge in [0.2, 0.25) is 0 Å². The number of hydrogen-bond acceptors (Lipinski definition) is 4. The van der Waals surface area contributed by atoms with Crippen LogP contribution in [0.3, 0.4) is 0 Å². The molecule has 27 heavy (non-hydrogen) atoms. The highest BCUT2D eigenvalue weighted by atomic mass is 16.5. The molecule has 2 aromatic carbocycles. The summed E-state index contributed by atoms with van der Waals surface area (Å²) < 4.78 is 5.21. The highest BCUT2D eigenvalue weighted by molar-refractivity contribution is 6.04. The zero-order valence-corrected chi connectivity index (χ0v) is 15.3. The summed E-state index contributed by atoms with van der Waals surface area (Å²) in [7, 11) is 1.60. The fraction of sp³-hybridized carbons (Fsp3) is 0.182. The molecule has 0 spiro atoms. The first-order valence-corrected chi connectivity index (χ1v) is 8.94. The molecule has 0 saturated carbocycles. The smallest absolute Gasteiger partial charge is 0.255 e. The number of nitrogens with one attached hydrogen (secondary N) is 1. The molecule has 1 aliphatic heterocycles. The van der Waals surface area contributed by atoms with Gasteiger partial charge in [-0.15, -0.1) is 0 Å². The van der Waals surface area contributed by atoms with Gasteiger partial charge in [0, 0.05) is 35.2 Å². The van der Waals surface area contributed by atoms with Gasteiger partial charge in [-0.2, -0.15) is 0 Å². The Morgan fingerprint density at radius 2 is 2.00 bits per heavy atom. The van der Waals surface area contributed by atoms with E-state index in [1.165, 1.54) is 5.56 Å². The second-order valence-electron chi connectivity index (χ2n) is 6.64. The fourth-order valence-corrected chi connectivity index (χ4v) is 3.51. The molecule has 136 valence electrons. The third kappa shape index (κ3) is 3.36. The molecule has 1 amide bonds. The number of para-hydroxylation sites is 1. The lowest BCUT2D eigenvalue weighted by Crippen LogP contribution is -2.25. The number of benzene rings is 2. The summed E-state index contributed by atoms with van der Waals surface area (Å²) in [5, 5.41) is 2.92. The minimum Gasteiger partial charge on any atom is -0.497 e. The molecule has 0 aliphatic carbocycles. The van der Waals surface area contributed by atoms with Crippen LogP contribution >= 0.6 is 0 Å². The van der Waals surface area contributed by atoms with Crippen LogP contribution in [0.15, 0.2) is 66.9 Å². The number of carbonyl (C=O) groups is 1. The minimum absolute atomic E-state index is 0.174. The third-order valence-corrected chi connectivity index (χ3v) is 4.79. The number of aromatic nitrogens is 1. The lowest BCUT2D eigenvalue weighted by molar-refractivity contribution is 0.102. The van der Waals surface area contributed by atoms with Crippen LogP contribution in [0, 0.1) is 0 Å². The number of methoxy groups -OCH3 is 1. The largest absolute Gasteiger partial charge is 0.497 e. The number of rotatable bonds is 4. The third-order valence-electron chi connectivity index (χ3n) is 4.79. The summed E-state index contributed by atoms with van der Waals surface area (Å²) in [5.74, 6) is 1.31. The van der Waals surface area contributed by atoms with E-state index < -0.39 is 0 Å². The maximum atomic E-state index is 12.7. The van der Waals surface area contributed by atoms with Crippen molar-refractivity contribution in [2.45, 2.75) is 19.4 Å². The Hall–Kier alpha value is -3.34. The topological polar surface area (TPSA) is 54.5 Å². The van der Waals surface area contributed by atoms with Crippen LogP contribution in [0.2, 0.25) is 0 Å². The highest BCUT2D eigenvalue weighted by Crippen LogP contribution is 2.37. The molecule has 1 N–H and O–H groups in total. The number of anilines is 3. The van der Waals surface area contributed by atoms with Crippen molar-refractivity contribution in [3.8, 4) is 5.75 Å². The molecule has 4 rings (SSSR count). The summed E-state index contributed by atoms with van der Waals surface area (Å²) in [6.45, 7) is 2.17. The summed E-state index contributed by atoms with van der Waals surface area (Å²) >= 11 is 0. The van der Waals surface area contributed by atoms with E-state index in [4.69, 9.17) is 4.74 Å². The van der Waals surface area contributed by atoms with Crippen molar-refractivity contribution in [1.29, 1.82) is 0 Å². The van der Waals surface area contributed by atoms with Gasteiger partial charge in [-0.05, 0) is 49.2 Å². The van der Waals surface area contributed by atoms with E-state index in [2.05, 4.69) is 40.3 Å². The molecular weight excluding hydrogens is 338 g/mol. The molecule has 0 fully saturated rings. The van der Waals surface area contributed by atoms with E-state index in [0.717, 1.165) is 17.9 Å². The molecule has 1 unspecified atom stereocenters. The number of amides is 1. The molecule has 5 heteroatoms. The standard InChI is InChI=1S/C22H21N3O2/c1-15-12-16-6-3-4-9-20(16)25(15)21-13-17(10-11-23-21)22(26)24-18-7-5-8-19(14-18)27-2/h3-11,13-15H,12H2,1-2H3,(H,24,26). The second-order valence-corrected chi connectivity index (χ2v) is 6.64. The van der Waals surface area contributed by atoms with E-state index in [1.807, 2.05) is 30.3 Å². The van der Waals surface area contributed by atoms with Crippen LogP contribution < -0.4 is 15.0 Å². The summed E-state index contributed by atoms with van der Waals surface area (Å²) in [6, 6.07) is 19.5. The van der Waals surface area contributed by atoms with Crippen molar-refractivity contribution < 1.29 is 9.53 Å². The van der Waals surface area contributed by atoms with Crippen molar-refractivity contribution in [2.75, 3.05) is 17.3 Å². The van der Waals surface area contributed by atoms with Crippen LogP contribution in [-0.4, -0.2) is 24.0 Å². The number of fused-ring (bicyclic) bond motifs is 1. The van der Waals surface area contributed by atoms with Crippen LogP contribution in [0.5, 0.6) is 5.75 Å². The lowest BCUT2D eigenvalue weighted by atomic mass is 10.1. The van der Waals surface area contributed by atoms with Gasteiger partial charge in [0.15, 0.2) is 0 Å². The van der Waals surface area contributed by atoms with Crippen molar-refractivity contribution in [1.82, 2.24) is 4.98 Å². The first-order valence-electron chi connectivity index (χ1n) is 8.94. The number of pyridine rings is 1. The maximum absolute atomic E-state index is 12.7. The van der Waals surface area contributed by atoms with Gasteiger partial charge in [0.1, 0.15) is 11.6 Å². The van der Waals surface area contributed by atoms with E-state index in [0.29, 0.717) is 23.0 Å². The summed E-state index contributed by atoms with van der Waals surface area (Å²) in [4.78, 5) is 19.4. The molecule has 2 heterocycles. The van der Waals surface area contributed by atoms with E-state index in [-0.39, 0.29) is 5.91 Å². The average molecular weight is 359 g/mol. The van der Waals surface area contributed by atoms with Crippen molar-refractivity contribution in [2.24, 2.45) is 0 Å². The van der Waals surface area contributed by atoms with Crippen molar-refractivity contribution >= 4 is 23.1 Å². The monoisotopic (exact) mass is 359 g/mol. The van der Waals surface area contributed by atoms with Gasteiger partial charge in [-0.3, -0.25) is 4.79 Å². The van der Waals surface area contributed by atoms with E-state index >= 15 is 0 Å². The van der Waals surface area contributed by atoms with Crippen molar-refractivity contribution in [3.05, 3.63) is 78.0 Å². The van der Waals surface area contributed by atoms with Crippen LogP contribution in [0.25, 0.3) is 0 Å². The summed E-state index contributed by atoms with van der Waals surface area (Å²) in [5.41, 5.74) is 3.72. The lowest BCUT2D eigenvalue weighted by Gasteiger charge is -2.24. The SMILES string of the molecule is COc1cccc(NC(=O)c2ccnc(N3c4ccccc4CC3C)c2)c1. The Morgan fingerprint density at radius 3 is 2.85 bits per heavy atom. The van der Waals surface area contributed by atoms with Gasteiger partial charge >= 0.3 is 0 Å². The average Bonchev–Trinajstić information content (AvgIpc) is 3.04. The van der Waals surface area contributed by atoms with Gasteiger partial charge in [-0.1, -0.05) is 24.3 Å². The first-order chi connectivity index (χ1) is 13.2. The molecule has 5 nitrogen and oxygen atoms in total. The maximum Gasteiger partial charge on any atom is 0.255 e. The Kier molecular flexibility index (Phi) is 4.50. The Balaban J connectivity index is 1.60. The molecule has 0 bridgehead atoms.